The maximum absolute atomic E-state index is 15.3. The molecule has 2 aromatic heterocycles. The molecule has 1 fully saturated rings. The van der Waals surface area contributed by atoms with Crippen LogP contribution in [0.1, 0.15) is 37.2 Å². The molecule has 3 heterocycles. The average molecular weight is 475 g/mol. The number of nitrogens with zero attached hydrogens (tertiary/aromatic N) is 4. The Morgan fingerprint density at radius 3 is 2.86 bits per heavy atom. The molecule has 0 unspecified atom stereocenters. The van der Waals surface area contributed by atoms with E-state index in [-0.39, 0.29) is 23.4 Å². The lowest BCUT2D eigenvalue weighted by atomic mass is 9.99. The number of aryl methyl sites for hydroxylation is 1. The number of aromatic nitrogens is 3. The van der Waals surface area contributed by atoms with Crippen molar-refractivity contribution in [2.45, 2.75) is 32.0 Å². The molecular weight excluding hydrogens is 447 g/mol. The van der Waals surface area contributed by atoms with Crippen molar-refractivity contribution < 1.29 is 21.4 Å². The highest BCUT2D eigenvalue weighted by molar-refractivity contribution is 5.98. The highest BCUT2D eigenvalue weighted by Crippen LogP contribution is 2.35. The van der Waals surface area contributed by atoms with Crippen LogP contribution in [0.15, 0.2) is 54.9 Å². The second-order valence-electron chi connectivity index (χ2n) is 8.80. The molecule has 35 heavy (non-hydrogen) atoms. The minimum Gasteiger partial charge on any atom is -0.489 e. The van der Waals surface area contributed by atoms with E-state index >= 15 is 4.39 Å². The fraction of sp³-hybridized carbons (Fsp3) is 0.296. The van der Waals surface area contributed by atoms with Crippen molar-refractivity contribution in [2.24, 2.45) is 7.05 Å². The number of carbonyl (C=O) groups excluding carboxylic acids is 1. The maximum atomic E-state index is 15.3. The highest BCUT2D eigenvalue weighted by Gasteiger charge is 2.28. The molecular formula is C27H25FN4O3. The predicted octanol–water partition coefficient (Wildman–Crippen LogP) is 4.49. The number of amides is 1. The van der Waals surface area contributed by atoms with Gasteiger partial charge in [0.15, 0.2) is 0 Å². The molecule has 1 aliphatic carbocycles. The van der Waals surface area contributed by atoms with E-state index in [0.29, 0.717) is 36.1 Å². The fourth-order valence-electron chi connectivity index (χ4n) is 4.28. The summed E-state index contributed by atoms with van der Waals surface area (Å²) in [4.78, 5) is 17.9. The molecule has 0 spiro atoms. The maximum Gasteiger partial charge on any atom is 0.256 e. The van der Waals surface area contributed by atoms with Gasteiger partial charge in [-0.2, -0.15) is 5.10 Å². The molecule has 0 N–H and O–H groups in total. The lowest BCUT2D eigenvalue weighted by Crippen LogP contribution is -2.23. The van der Waals surface area contributed by atoms with Crippen LogP contribution < -0.4 is 4.74 Å². The zero-order valence-corrected chi connectivity index (χ0v) is 19.2. The van der Waals surface area contributed by atoms with Crippen molar-refractivity contribution in [1.29, 1.82) is 0 Å². The summed E-state index contributed by atoms with van der Waals surface area (Å²) in [6, 6.07) is 11.6. The van der Waals surface area contributed by atoms with Gasteiger partial charge in [-0.25, -0.2) is 4.39 Å². The Bertz CT molecular complexity index is 1520. The van der Waals surface area contributed by atoms with Crippen molar-refractivity contribution in [1.82, 2.24) is 19.7 Å². The third kappa shape index (κ3) is 4.25. The van der Waals surface area contributed by atoms with E-state index in [1.54, 1.807) is 22.9 Å². The summed E-state index contributed by atoms with van der Waals surface area (Å²) in [6.07, 6.45) is 5.90. The van der Waals surface area contributed by atoms with E-state index in [9.17, 15) is 4.79 Å². The molecule has 1 saturated carbocycles. The van der Waals surface area contributed by atoms with Gasteiger partial charge in [-0.3, -0.25) is 14.5 Å². The number of pyridine rings is 1. The van der Waals surface area contributed by atoms with E-state index < -0.39 is 18.2 Å². The average Bonchev–Trinajstić information content (AvgIpc) is 3.59. The first-order valence-electron chi connectivity index (χ1n) is 12.6. The summed E-state index contributed by atoms with van der Waals surface area (Å²) in [5.41, 5.74) is 2.58. The molecule has 0 saturated heterocycles. The zero-order valence-electron chi connectivity index (χ0n) is 21.2. The Labute approximate surface area is 204 Å². The second-order valence-corrected chi connectivity index (χ2v) is 8.80. The van der Waals surface area contributed by atoms with E-state index in [4.69, 9.17) is 12.2 Å². The summed E-state index contributed by atoms with van der Waals surface area (Å²) in [5.74, 6) is -0.398. The molecule has 1 amide bonds. The number of carbonyl (C=O) groups is 1. The monoisotopic (exact) mass is 474 g/mol. The Hall–Kier alpha value is -3.78. The third-order valence-electron chi connectivity index (χ3n) is 6.19. The van der Waals surface area contributed by atoms with Crippen molar-refractivity contribution in [3.63, 3.8) is 0 Å². The number of rotatable bonds is 8. The second kappa shape index (κ2) is 8.78. The molecule has 1 aliphatic heterocycles. The topological polar surface area (TPSA) is 69.5 Å². The summed E-state index contributed by atoms with van der Waals surface area (Å²) in [6.45, 7) is -1.40. The quantitative estimate of drug-likeness (QED) is 0.352. The minimum absolute atomic E-state index is 0.0532. The molecule has 178 valence electrons. The first-order valence-corrected chi connectivity index (χ1v) is 11.6. The molecule has 6 rings (SSSR count). The van der Waals surface area contributed by atoms with Crippen molar-refractivity contribution >= 4 is 16.8 Å². The highest BCUT2D eigenvalue weighted by atomic mass is 19.1. The summed E-state index contributed by atoms with van der Waals surface area (Å²) in [7, 11) is 1.82. The molecule has 0 atom stereocenters. The molecule has 7 nitrogen and oxygen atoms in total. The van der Waals surface area contributed by atoms with E-state index in [1.165, 1.54) is 18.3 Å². The van der Waals surface area contributed by atoms with Crippen molar-refractivity contribution in [3.8, 4) is 16.9 Å². The lowest BCUT2D eigenvalue weighted by Gasteiger charge is -2.16. The van der Waals surface area contributed by atoms with Gasteiger partial charge in [0.05, 0.1) is 33.2 Å². The minimum atomic E-state index is -2.12. The van der Waals surface area contributed by atoms with Gasteiger partial charge in [-0.05, 0) is 54.3 Å². The van der Waals surface area contributed by atoms with Crippen LogP contribution in [0.3, 0.4) is 0 Å². The lowest BCUT2D eigenvalue weighted by molar-refractivity contribution is 0.0765. The largest absolute Gasteiger partial charge is 0.489 e. The molecule has 2 aliphatic rings. The standard InChI is InChI=1S/C27H25FN4O3/c1-31-15-22-20(8-9-25(26(22)30-31)35-12-11-34-19-6-7-19)17-4-5-18(23(28)13-17)14-32-16-24-21(27(32)33)3-2-10-29-24/h2-5,8-10,13,15,19H,6-7,11-12,14,16H2,1H3/i16D2. The number of benzene rings is 2. The SMILES string of the molecule is [2H]C1([2H])c2ncccc2C(=O)N1Cc1ccc(-c2ccc(OCCOC3CC3)c3nn(C)cc23)cc1F. The van der Waals surface area contributed by atoms with Crippen LogP contribution in [0.2, 0.25) is 0 Å². The van der Waals surface area contributed by atoms with Crippen LogP contribution in [0.5, 0.6) is 5.75 Å². The van der Waals surface area contributed by atoms with Gasteiger partial charge in [-0.1, -0.05) is 12.1 Å². The fourth-order valence-corrected chi connectivity index (χ4v) is 4.28. The number of halogens is 1. The van der Waals surface area contributed by atoms with Gasteiger partial charge in [0.1, 0.15) is 23.7 Å². The van der Waals surface area contributed by atoms with E-state index in [0.717, 1.165) is 28.7 Å². The molecule has 2 aromatic carbocycles. The predicted molar refractivity (Wildman–Crippen MR) is 128 cm³/mol. The number of hydrogen-bond donors (Lipinski definition) is 0. The van der Waals surface area contributed by atoms with Gasteiger partial charge >= 0.3 is 0 Å². The number of ether oxygens (including phenoxy) is 2. The van der Waals surface area contributed by atoms with Gasteiger partial charge in [0.2, 0.25) is 0 Å². The van der Waals surface area contributed by atoms with Gasteiger partial charge in [0, 0.05) is 36.9 Å². The summed E-state index contributed by atoms with van der Waals surface area (Å²) < 4.78 is 45.4. The van der Waals surface area contributed by atoms with Crippen LogP contribution in [0, 0.1) is 5.82 Å². The molecule has 4 aromatic rings. The number of hydrogen-bond acceptors (Lipinski definition) is 5. The summed E-state index contributed by atoms with van der Waals surface area (Å²) >= 11 is 0. The van der Waals surface area contributed by atoms with Crippen molar-refractivity contribution in [2.75, 3.05) is 13.2 Å². The first-order chi connectivity index (χ1) is 17.8. The van der Waals surface area contributed by atoms with Crippen LogP contribution >= 0.6 is 0 Å². The van der Waals surface area contributed by atoms with Crippen molar-refractivity contribution in [3.05, 3.63) is 77.5 Å². The van der Waals surface area contributed by atoms with Crippen LogP contribution in [0.4, 0.5) is 4.39 Å². The zero-order chi connectivity index (χ0) is 25.7. The molecule has 0 radical (unpaired) electrons. The first kappa shape index (κ1) is 19.5. The Morgan fingerprint density at radius 1 is 1.17 bits per heavy atom. The summed E-state index contributed by atoms with van der Waals surface area (Å²) in [5, 5.41) is 5.37. The Balaban J connectivity index is 1.25. The number of fused-ring (bicyclic) bond motifs is 2. The molecule has 8 heteroatoms. The third-order valence-corrected chi connectivity index (χ3v) is 6.19. The van der Waals surface area contributed by atoms with Gasteiger partial charge in [-0.15, -0.1) is 0 Å². The van der Waals surface area contributed by atoms with Crippen LogP contribution in [-0.2, 0) is 24.8 Å². The Morgan fingerprint density at radius 2 is 2.06 bits per heavy atom. The van der Waals surface area contributed by atoms with Gasteiger partial charge in [0.25, 0.3) is 5.91 Å². The smallest absolute Gasteiger partial charge is 0.256 e. The normalized spacial score (nSPS) is 17.4. The van der Waals surface area contributed by atoms with Crippen LogP contribution in [-0.4, -0.2) is 44.9 Å². The van der Waals surface area contributed by atoms with E-state index in [1.807, 2.05) is 25.4 Å². The van der Waals surface area contributed by atoms with Crippen LogP contribution in [0.25, 0.3) is 22.0 Å². The Kier molecular flexibility index (Phi) is 4.89. The van der Waals surface area contributed by atoms with Gasteiger partial charge < -0.3 is 14.4 Å². The van der Waals surface area contributed by atoms with E-state index in [2.05, 4.69) is 10.1 Å². The molecule has 0 bridgehead atoms.